The van der Waals surface area contributed by atoms with E-state index in [0.29, 0.717) is 17.1 Å². The summed E-state index contributed by atoms with van der Waals surface area (Å²) in [6.07, 6.45) is 1.60. The second-order valence-electron chi connectivity index (χ2n) is 8.90. The number of carbonyl (C=O) groups is 1. The first-order valence-corrected chi connectivity index (χ1v) is 9.29. The van der Waals surface area contributed by atoms with E-state index < -0.39 is 0 Å². The summed E-state index contributed by atoms with van der Waals surface area (Å²) in [5.74, 6) is 0.610. The lowest BCUT2D eigenvalue weighted by Gasteiger charge is -2.27. The van der Waals surface area contributed by atoms with E-state index in [9.17, 15) is 9.90 Å². The van der Waals surface area contributed by atoms with Crippen molar-refractivity contribution in [3.05, 3.63) is 58.7 Å². The van der Waals surface area contributed by atoms with Crippen LogP contribution in [0.4, 0.5) is 0 Å². The van der Waals surface area contributed by atoms with E-state index in [4.69, 9.17) is 4.74 Å². The zero-order chi connectivity index (χ0) is 21.1. The van der Waals surface area contributed by atoms with Gasteiger partial charge in [0.1, 0.15) is 11.5 Å². The highest BCUT2D eigenvalue weighted by molar-refractivity contribution is 5.95. The number of amides is 1. The van der Waals surface area contributed by atoms with Gasteiger partial charge in [0, 0.05) is 16.7 Å². The number of rotatable bonds is 4. The van der Waals surface area contributed by atoms with Crippen molar-refractivity contribution < 1.29 is 14.6 Å². The number of hydrazone groups is 1. The van der Waals surface area contributed by atoms with Crippen LogP contribution in [0.15, 0.2) is 41.5 Å². The number of hydrogen-bond donors (Lipinski definition) is 2. The highest BCUT2D eigenvalue weighted by Crippen LogP contribution is 2.39. The van der Waals surface area contributed by atoms with Gasteiger partial charge in [-0.25, -0.2) is 5.43 Å². The zero-order valence-corrected chi connectivity index (χ0v) is 17.8. The van der Waals surface area contributed by atoms with Crippen molar-refractivity contribution in [3.8, 4) is 11.5 Å². The topological polar surface area (TPSA) is 70.9 Å². The molecule has 5 heteroatoms. The number of nitrogens with zero attached hydrogens (tertiary/aromatic N) is 1. The number of methoxy groups -OCH3 is 1. The lowest BCUT2D eigenvalue weighted by molar-refractivity contribution is 0.0954. The van der Waals surface area contributed by atoms with Crippen LogP contribution in [0.3, 0.4) is 0 Å². The molecular formula is C23H30N2O3. The number of aromatic hydroxyl groups is 1. The molecule has 0 aliphatic heterocycles. The number of phenolic OH excluding ortho intramolecular Hbond substituents is 1. The minimum atomic E-state index is -0.319. The van der Waals surface area contributed by atoms with Gasteiger partial charge in [0.15, 0.2) is 0 Å². The lowest BCUT2D eigenvalue weighted by atomic mass is 9.78. The first kappa shape index (κ1) is 21.5. The van der Waals surface area contributed by atoms with Crippen LogP contribution in [-0.2, 0) is 10.8 Å². The number of ether oxygens (including phenoxy) is 1. The maximum atomic E-state index is 12.3. The Morgan fingerprint density at radius 3 is 2.11 bits per heavy atom. The molecule has 28 heavy (non-hydrogen) atoms. The molecule has 0 fully saturated rings. The molecular weight excluding hydrogens is 352 g/mol. The Labute approximate surface area is 167 Å². The van der Waals surface area contributed by atoms with Crippen molar-refractivity contribution >= 4 is 12.1 Å². The normalized spacial score (nSPS) is 12.2. The van der Waals surface area contributed by atoms with Crippen LogP contribution in [0.25, 0.3) is 0 Å². The predicted molar refractivity (Wildman–Crippen MR) is 114 cm³/mol. The van der Waals surface area contributed by atoms with E-state index >= 15 is 0 Å². The minimum Gasteiger partial charge on any atom is -0.507 e. The molecule has 0 aliphatic carbocycles. The number of benzene rings is 2. The third-order valence-electron chi connectivity index (χ3n) is 4.46. The summed E-state index contributed by atoms with van der Waals surface area (Å²) in [6, 6.07) is 10.7. The molecule has 2 rings (SSSR count). The molecule has 0 saturated carbocycles. The second kappa shape index (κ2) is 8.05. The van der Waals surface area contributed by atoms with Gasteiger partial charge in [0.2, 0.25) is 0 Å². The summed E-state index contributed by atoms with van der Waals surface area (Å²) in [5, 5.41) is 14.9. The Morgan fingerprint density at radius 2 is 1.61 bits per heavy atom. The van der Waals surface area contributed by atoms with E-state index in [1.165, 1.54) is 0 Å². The summed E-state index contributed by atoms with van der Waals surface area (Å²) >= 11 is 0. The molecule has 0 aromatic heterocycles. The van der Waals surface area contributed by atoms with Gasteiger partial charge in [-0.1, -0.05) is 47.6 Å². The second-order valence-corrected chi connectivity index (χ2v) is 8.90. The molecule has 0 saturated heterocycles. The highest BCUT2D eigenvalue weighted by Gasteiger charge is 2.26. The Bertz CT molecular complexity index is 852. The fraction of sp³-hybridized carbons (Fsp3) is 0.391. The van der Waals surface area contributed by atoms with Crippen LogP contribution in [-0.4, -0.2) is 24.3 Å². The van der Waals surface area contributed by atoms with Gasteiger partial charge in [-0.3, -0.25) is 4.79 Å². The van der Waals surface area contributed by atoms with Crippen molar-refractivity contribution in [2.24, 2.45) is 5.10 Å². The molecule has 0 bridgehead atoms. The molecule has 0 atom stereocenters. The van der Waals surface area contributed by atoms with Crippen LogP contribution >= 0.6 is 0 Å². The molecule has 150 valence electrons. The molecule has 0 aliphatic rings. The van der Waals surface area contributed by atoms with Crippen LogP contribution in [0.1, 0.15) is 68.6 Å². The number of phenols is 1. The standard InChI is InChI=1S/C23H30N2O3/c1-22(2,3)18-11-15(12-19(20(18)26)23(4,5)6)14-24-25-21(27)16-9-8-10-17(13-16)28-7/h8-14,26H,1-7H3,(H,25,27)/b24-14+. The Kier molecular flexibility index (Phi) is 6.17. The van der Waals surface area contributed by atoms with Gasteiger partial charge in [0.25, 0.3) is 5.91 Å². The van der Waals surface area contributed by atoms with E-state index in [1.807, 2.05) is 12.1 Å². The first-order chi connectivity index (χ1) is 12.9. The summed E-state index contributed by atoms with van der Waals surface area (Å²) in [4.78, 5) is 12.3. The molecule has 0 radical (unpaired) electrons. The molecule has 2 N–H and O–H groups in total. The summed E-state index contributed by atoms with van der Waals surface area (Å²) in [6.45, 7) is 12.3. The van der Waals surface area contributed by atoms with Gasteiger partial charge < -0.3 is 9.84 Å². The van der Waals surface area contributed by atoms with Crippen molar-refractivity contribution in [2.75, 3.05) is 7.11 Å². The van der Waals surface area contributed by atoms with Crippen molar-refractivity contribution in [1.82, 2.24) is 5.43 Å². The average molecular weight is 383 g/mol. The fourth-order valence-electron chi connectivity index (χ4n) is 2.87. The van der Waals surface area contributed by atoms with Gasteiger partial charge in [-0.15, -0.1) is 0 Å². The van der Waals surface area contributed by atoms with Gasteiger partial charge in [0.05, 0.1) is 13.3 Å². The Morgan fingerprint density at radius 1 is 1.04 bits per heavy atom. The van der Waals surface area contributed by atoms with Gasteiger partial charge >= 0.3 is 0 Å². The number of hydrogen-bond acceptors (Lipinski definition) is 4. The largest absolute Gasteiger partial charge is 0.507 e. The maximum Gasteiger partial charge on any atom is 0.271 e. The molecule has 0 unspecified atom stereocenters. The van der Waals surface area contributed by atoms with Crippen LogP contribution in [0.5, 0.6) is 11.5 Å². The predicted octanol–water partition coefficient (Wildman–Crippen LogP) is 4.76. The zero-order valence-electron chi connectivity index (χ0n) is 17.8. The Balaban J connectivity index is 2.31. The fourth-order valence-corrected chi connectivity index (χ4v) is 2.87. The average Bonchev–Trinajstić information content (AvgIpc) is 2.60. The smallest absolute Gasteiger partial charge is 0.271 e. The molecule has 0 heterocycles. The van der Waals surface area contributed by atoms with Crippen LogP contribution in [0, 0.1) is 0 Å². The van der Waals surface area contributed by atoms with E-state index in [2.05, 4.69) is 52.1 Å². The van der Waals surface area contributed by atoms with Crippen LogP contribution < -0.4 is 10.2 Å². The molecule has 2 aromatic carbocycles. The van der Waals surface area contributed by atoms with E-state index in [-0.39, 0.29) is 16.7 Å². The Hall–Kier alpha value is -2.82. The maximum absolute atomic E-state index is 12.3. The lowest BCUT2D eigenvalue weighted by Crippen LogP contribution is -2.19. The third-order valence-corrected chi connectivity index (χ3v) is 4.46. The monoisotopic (exact) mass is 382 g/mol. The van der Waals surface area contributed by atoms with E-state index in [0.717, 1.165) is 16.7 Å². The van der Waals surface area contributed by atoms with Gasteiger partial charge in [-0.2, -0.15) is 5.10 Å². The first-order valence-electron chi connectivity index (χ1n) is 9.29. The number of nitrogens with one attached hydrogen (secondary N) is 1. The molecule has 0 spiro atoms. The third kappa shape index (κ3) is 5.12. The van der Waals surface area contributed by atoms with E-state index in [1.54, 1.807) is 37.6 Å². The van der Waals surface area contributed by atoms with Crippen molar-refractivity contribution in [3.63, 3.8) is 0 Å². The quantitative estimate of drug-likeness (QED) is 0.592. The molecule has 2 aromatic rings. The SMILES string of the molecule is COc1cccc(C(=O)N/N=C/c2cc(C(C)(C)C)c(O)c(C(C)(C)C)c2)c1. The van der Waals surface area contributed by atoms with Crippen LogP contribution in [0.2, 0.25) is 0 Å². The highest BCUT2D eigenvalue weighted by atomic mass is 16.5. The molecule has 1 amide bonds. The number of carbonyl (C=O) groups excluding carboxylic acids is 1. The summed E-state index contributed by atoms with van der Waals surface area (Å²) in [5.41, 5.74) is 5.07. The van der Waals surface area contributed by atoms with Crippen molar-refractivity contribution in [1.29, 1.82) is 0 Å². The van der Waals surface area contributed by atoms with Gasteiger partial charge in [-0.05, 0) is 46.7 Å². The van der Waals surface area contributed by atoms with Crippen molar-refractivity contribution in [2.45, 2.75) is 52.4 Å². The summed E-state index contributed by atoms with van der Waals surface area (Å²) < 4.78 is 5.14. The molecule has 5 nitrogen and oxygen atoms in total. The summed E-state index contributed by atoms with van der Waals surface area (Å²) in [7, 11) is 1.56. The minimum absolute atomic E-state index is 0.224.